The zero-order chi connectivity index (χ0) is 18.9. The van der Waals surface area contributed by atoms with Crippen LogP contribution in [-0.4, -0.2) is 47.7 Å². The smallest absolute Gasteiger partial charge is 0.229 e. The number of carbonyl (C=O) groups excluding carboxylic acids is 1. The molecule has 27 heavy (non-hydrogen) atoms. The van der Waals surface area contributed by atoms with E-state index in [1.54, 1.807) is 19.5 Å². The number of pyridine rings is 1. The van der Waals surface area contributed by atoms with Crippen LogP contribution in [0.25, 0.3) is 0 Å². The summed E-state index contributed by atoms with van der Waals surface area (Å²) in [6.45, 7) is 1.42. The van der Waals surface area contributed by atoms with Gasteiger partial charge in [0.05, 0.1) is 18.6 Å². The summed E-state index contributed by atoms with van der Waals surface area (Å²) in [4.78, 5) is 18.9. The number of benzene rings is 1. The molecule has 2 aromatic rings. The molecule has 2 aliphatic heterocycles. The average Bonchev–Trinajstić information content (AvgIpc) is 2.73. The van der Waals surface area contributed by atoms with Gasteiger partial charge in [-0.2, -0.15) is 0 Å². The summed E-state index contributed by atoms with van der Waals surface area (Å²) in [5.74, 6) is 1.34. The van der Waals surface area contributed by atoms with Crippen molar-refractivity contribution in [3.8, 4) is 11.5 Å². The number of aliphatic hydroxyl groups is 1. The van der Waals surface area contributed by atoms with Crippen molar-refractivity contribution in [1.29, 1.82) is 0 Å². The molecule has 1 N–H and O–H groups in total. The van der Waals surface area contributed by atoms with Gasteiger partial charge in [0.15, 0.2) is 11.5 Å². The molecule has 0 aliphatic carbocycles. The number of rotatable bonds is 3. The molecule has 1 aromatic heterocycles. The van der Waals surface area contributed by atoms with Crippen molar-refractivity contribution in [2.75, 3.05) is 26.8 Å². The third-order valence-corrected chi connectivity index (χ3v) is 5.63. The van der Waals surface area contributed by atoms with Gasteiger partial charge in [-0.05, 0) is 37.0 Å². The van der Waals surface area contributed by atoms with Gasteiger partial charge in [0.1, 0.15) is 6.61 Å². The standard InChI is InChI=1S/C21H24N2O4/c1-26-18-6-2-4-15-12-16(14-27-19(15)18)20(24)23-10-7-21(25,8-11-23)17-5-3-9-22-13-17/h2-6,9,13,16,25H,7-8,10-12,14H2,1H3. The van der Waals surface area contributed by atoms with Crippen LogP contribution in [0.1, 0.15) is 24.0 Å². The highest BCUT2D eigenvalue weighted by Crippen LogP contribution is 2.37. The molecule has 1 fully saturated rings. The Morgan fingerprint density at radius 1 is 1.30 bits per heavy atom. The van der Waals surface area contributed by atoms with Gasteiger partial charge in [0.25, 0.3) is 0 Å². The monoisotopic (exact) mass is 368 g/mol. The average molecular weight is 368 g/mol. The molecule has 2 aliphatic rings. The van der Waals surface area contributed by atoms with Gasteiger partial charge in [0.2, 0.25) is 5.91 Å². The number of amides is 1. The van der Waals surface area contributed by atoms with Crippen LogP contribution in [0.3, 0.4) is 0 Å². The number of carbonyl (C=O) groups is 1. The largest absolute Gasteiger partial charge is 0.493 e. The molecular formula is C21H24N2O4. The van der Waals surface area contributed by atoms with Gasteiger partial charge in [-0.3, -0.25) is 9.78 Å². The molecule has 1 amide bonds. The fraction of sp³-hybridized carbons (Fsp3) is 0.429. The first-order valence-corrected chi connectivity index (χ1v) is 9.31. The van der Waals surface area contributed by atoms with E-state index < -0.39 is 5.60 Å². The van der Waals surface area contributed by atoms with Crippen LogP contribution in [0.15, 0.2) is 42.7 Å². The Morgan fingerprint density at radius 3 is 2.81 bits per heavy atom. The predicted octanol–water partition coefficient (Wildman–Crippen LogP) is 2.15. The molecule has 6 heteroatoms. The van der Waals surface area contributed by atoms with E-state index in [9.17, 15) is 9.90 Å². The third kappa shape index (κ3) is 3.37. The lowest BCUT2D eigenvalue weighted by molar-refractivity contribution is -0.141. The summed E-state index contributed by atoms with van der Waals surface area (Å²) in [7, 11) is 1.62. The van der Waals surface area contributed by atoms with Crippen molar-refractivity contribution >= 4 is 5.91 Å². The third-order valence-electron chi connectivity index (χ3n) is 5.63. The van der Waals surface area contributed by atoms with Crippen LogP contribution >= 0.6 is 0 Å². The Hall–Kier alpha value is -2.60. The number of methoxy groups -OCH3 is 1. The van der Waals surface area contributed by atoms with Gasteiger partial charge < -0.3 is 19.5 Å². The summed E-state index contributed by atoms with van der Waals surface area (Å²) in [6, 6.07) is 9.49. The molecule has 1 saturated heterocycles. The molecule has 142 valence electrons. The highest BCUT2D eigenvalue weighted by Gasteiger charge is 2.38. The van der Waals surface area contributed by atoms with Crippen molar-refractivity contribution in [3.63, 3.8) is 0 Å². The zero-order valence-electron chi connectivity index (χ0n) is 15.4. The minimum absolute atomic E-state index is 0.0942. The van der Waals surface area contributed by atoms with E-state index in [0.29, 0.717) is 44.7 Å². The normalized spacial score (nSPS) is 21.1. The van der Waals surface area contributed by atoms with Gasteiger partial charge in [-0.1, -0.05) is 18.2 Å². The predicted molar refractivity (Wildman–Crippen MR) is 99.6 cm³/mol. The van der Waals surface area contributed by atoms with Gasteiger partial charge >= 0.3 is 0 Å². The van der Waals surface area contributed by atoms with Gasteiger partial charge in [-0.25, -0.2) is 0 Å². The Kier molecular flexibility index (Phi) is 4.74. The van der Waals surface area contributed by atoms with Crippen LogP contribution < -0.4 is 9.47 Å². The number of para-hydroxylation sites is 1. The van der Waals surface area contributed by atoms with Crippen molar-refractivity contribution < 1.29 is 19.4 Å². The highest BCUT2D eigenvalue weighted by molar-refractivity contribution is 5.80. The minimum atomic E-state index is -0.909. The number of hydrogen-bond donors (Lipinski definition) is 1. The summed E-state index contributed by atoms with van der Waals surface area (Å²) in [6.07, 6.45) is 5.08. The first kappa shape index (κ1) is 17.8. The number of fused-ring (bicyclic) bond motifs is 1. The molecule has 4 rings (SSSR count). The van der Waals surface area contributed by atoms with Crippen molar-refractivity contribution in [3.05, 3.63) is 53.9 Å². The summed E-state index contributed by atoms with van der Waals surface area (Å²) < 4.78 is 11.2. The fourth-order valence-electron chi connectivity index (χ4n) is 4.00. The van der Waals surface area contributed by atoms with Crippen LogP contribution in [0.2, 0.25) is 0 Å². The van der Waals surface area contributed by atoms with Crippen molar-refractivity contribution in [2.24, 2.45) is 5.92 Å². The zero-order valence-corrected chi connectivity index (χ0v) is 15.4. The Balaban J connectivity index is 1.41. The van der Waals surface area contributed by atoms with E-state index in [1.807, 2.05) is 35.2 Å². The van der Waals surface area contributed by atoms with E-state index in [2.05, 4.69) is 4.98 Å². The first-order valence-electron chi connectivity index (χ1n) is 9.31. The number of nitrogens with zero attached hydrogens (tertiary/aromatic N) is 2. The van der Waals surface area contributed by atoms with Gasteiger partial charge in [0, 0.05) is 31.0 Å². The van der Waals surface area contributed by atoms with Crippen LogP contribution in [-0.2, 0) is 16.8 Å². The Labute approximate surface area is 158 Å². The van der Waals surface area contributed by atoms with E-state index >= 15 is 0 Å². The van der Waals surface area contributed by atoms with E-state index in [0.717, 1.165) is 16.9 Å². The van der Waals surface area contributed by atoms with Crippen molar-refractivity contribution in [2.45, 2.75) is 24.9 Å². The molecule has 0 bridgehead atoms. The molecule has 0 spiro atoms. The van der Waals surface area contributed by atoms with Crippen molar-refractivity contribution in [1.82, 2.24) is 9.88 Å². The molecule has 1 aromatic carbocycles. The van der Waals surface area contributed by atoms with E-state index in [1.165, 1.54) is 0 Å². The lowest BCUT2D eigenvalue weighted by Crippen LogP contribution is -2.48. The maximum Gasteiger partial charge on any atom is 0.229 e. The quantitative estimate of drug-likeness (QED) is 0.899. The summed E-state index contributed by atoms with van der Waals surface area (Å²) in [5.41, 5.74) is 0.913. The van der Waals surface area contributed by atoms with Crippen LogP contribution in [0.5, 0.6) is 11.5 Å². The minimum Gasteiger partial charge on any atom is -0.493 e. The second-order valence-corrected chi connectivity index (χ2v) is 7.26. The lowest BCUT2D eigenvalue weighted by Gasteiger charge is -2.40. The second kappa shape index (κ2) is 7.19. The van der Waals surface area contributed by atoms with Crippen LogP contribution in [0.4, 0.5) is 0 Å². The number of piperidine rings is 1. The SMILES string of the molecule is COc1cccc2c1OCC(C(=O)N1CCC(O)(c3cccnc3)CC1)C2. The van der Waals surface area contributed by atoms with E-state index in [4.69, 9.17) is 9.47 Å². The molecule has 3 heterocycles. The summed E-state index contributed by atoms with van der Waals surface area (Å²) in [5, 5.41) is 10.9. The number of aromatic nitrogens is 1. The number of ether oxygens (including phenoxy) is 2. The summed E-state index contributed by atoms with van der Waals surface area (Å²) >= 11 is 0. The number of likely N-dealkylation sites (tertiary alicyclic amines) is 1. The molecule has 6 nitrogen and oxygen atoms in total. The Bertz CT molecular complexity index is 816. The molecular weight excluding hydrogens is 344 g/mol. The van der Waals surface area contributed by atoms with Crippen LogP contribution in [0, 0.1) is 5.92 Å². The van der Waals surface area contributed by atoms with E-state index in [-0.39, 0.29) is 11.8 Å². The number of hydrogen-bond acceptors (Lipinski definition) is 5. The maximum atomic E-state index is 13.0. The molecule has 1 atom stereocenters. The fourth-order valence-corrected chi connectivity index (χ4v) is 4.00. The maximum absolute atomic E-state index is 13.0. The van der Waals surface area contributed by atoms with Gasteiger partial charge in [-0.15, -0.1) is 0 Å². The topological polar surface area (TPSA) is 71.9 Å². The second-order valence-electron chi connectivity index (χ2n) is 7.26. The highest BCUT2D eigenvalue weighted by atomic mass is 16.5. The first-order chi connectivity index (χ1) is 13.1. The Morgan fingerprint density at radius 2 is 2.11 bits per heavy atom. The lowest BCUT2D eigenvalue weighted by atomic mass is 9.84. The molecule has 0 saturated carbocycles. The molecule has 0 radical (unpaired) electrons. The molecule has 1 unspecified atom stereocenters.